The van der Waals surface area contributed by atoms with Crippen molar-refractivity contribution in [3.05, 3.63) is 23.3 Å². The fourth-order valence-electron chi connectivity index (χ4n) is 2.00. The minimum atomic E-state index is 0.194. The van der Waals surface area contributed by atoms with E-state index in [1.165, 1.54) is 12.0 Å². The number of aliphatic hydroxyl groups excluding tert-OH is 1. The second-order valence-electron chi connectivity index (χ2n) is 4.99. The first kappa shape index (κ1) is 11.5. The maximum atomic E-state index is 8.91. The van der Waals surface area contributed by atoms with Gasteiger partial charge in [0.05, 0.1) is 6.61 Å². The van der Waals surface area contributed by atoms with Gasteiger partial charge < -0.3 is 5.11 Å². The van der Waals surface area contributed by atoms with Crippen LogP contribution in [-0.2, 0) is 0 Å². The molecule has 0 aromatic heterocycles. The number of allylic oxidation sites excluding steroid dienone is 3. The van der Waals surface area contributed by atoms with Gasteiger partial charge in [-0.2, -0.15) is 0 Å². The highest BCUT2D eigenvalue weighted by atomic mass is 16.3. The Hall–Kier alpha value is -0.560. The lowest BCUT2D eigenvalue weighted by molar-refractivity contribution is 0.292. The highest BCUT2D eigenvalue weighted by molar-refractivity contribution is 5.19. The average molecular weight is 194 g/mol. The highest BCUT2D eigenvalue weighted by Crippen LogP contribution is 2.44. The summed E-state index contributed by atoms with van der Waals surface area (Å²) in [6, 6.07) is 0. The van der Waals surface area contributed by atoms with Crippen LogP contribution in [0.25, 0.3) is 0 Å². The van der Waals surface area contributed by atoms with Crippen LogP contribution in [0.4, 0.5) is 0 Å². The molecule has 1 heteroatoms. The van der Waals surface area contributed by atoms with Crippen molar-refractivity contribution < 1.29 is 5.11 Å². The maximum Gasteiger partial charge on any atom is 0.0639 e. The third-order valence-corrected chi connectivity index (χ3v) is 3.75. The number of aliphatic hydroxyl groups is 1. The lowest BCUT2D eigenvalue weighted by Gasteiger charge is -2.29. The standard InChI is InChI=1S/C13H22O/c1-10(9-14)5-7-12-8-6-11(2)13(12,3)4/h5-6,12,14H,7-9H2,1-4H3/b10-5-/t12-/m1/s1. The van der Waals surface area contributed by atoms with E-state index in [0.29, 0.717) is 11.3 Å². The minimum Gasteiger partial charge on any atom is -0.392 e. The largest absolute Gasteiger partial charge is 0.392 e. The van der Waals surface area contributed by atoms with E-state index in [0.717, 1.165) is 12.0 Å². The molecule has 0 saturated carbocycles. The first-order valence-corrected chi connectivity index (χ1v) is 5.42. The van der Waals surface area contributed by atoms with Crippen LogP contribution in [-0.4, -0.2) is 11.7 Å². The summed E-state index contributed by atoms with van der Waals surface area (Å²) in [6.45, 7) is 9.04. The molecule has 0 bridgehead atoms. The Morgan fingerprint density at radius 2 is 2.29 bits per heavy atom. The minimum absolute atomic E-state index is 0.194. The summed E-state index contributed by atoms with van der Waals surface area (Å²) < 4.78 is 0. The van der Waals surface area contributed by atoms with Gasteiger partial charge >= 0.3 is 0 Å². The Labute approximate surface area is 87.5 Å². The lowest BCUT2D eigenvalue weighted by atomic mass is 9.76. The molecular weight excluding hydrogens is 172 g/mol. The van der Waals surface area contributed by atoms with Crippen LogP contribution in [0.3, 0.4) is 0 Å². The smallest absolute Gasteiger partial charge is 0.0639 e. The van der Waals surface area contributed by atoms with Gasteiger partial charge in [-0.1, -0.05) is 37.1 Å². The van der Waals surface area contributed by atoms with Crippen molar-refractivity contribution in [3.8, 4) is 0 Å². The third-order valence-electron chi connectivity index (χ3n) is 3.75. The summed E-state index contributed by atoms with van der Waals surface area (Å²) in [5, 5.41) is 8.91. The summed E-state index contributed by atoms with van der Waals surface area (Å²) in [4.78, 5) is 0. The van der Waals surface area contributed by atoms with Crippen molar-refractivity contribution in [1.29, 1.82) is 0 Å². The fourth-order valence-corrected chi connectivity index (χ4v) is 2.00. The topological polar surface area (TPSA) is 20.2 Å². The van der Waals surface area contributed by atoms with Crippen molar-refractivity contribution in [2.45, 2.75) is 40.5 Å². The molecule has 0 aliphatic heterocycles. The first-order valence-electron chi connectivity index (χ1n) is 5.42. The van der Waals surface area contributed by atoms with Crippen molar-refractivity contribution in [2.75, 3.05) is 6.61 Å². The number of hydrogen-bond donors (Lipinski definition) is 1. The van der Waals surface area contributed by atoms with E-state index in [4.69, 9.17) is 5.11 Å². The second kappa shape index (κ2) is 4.31. The van der Waals surface area contributed by atoms with Crippen molar-refractivity contribution in [1.82, 2.24) is 0 Å². The zero-order chi connectivity index (χ0) is 10.8. The van der Waals surface area contributed by atoms with Gasteiger partial charge in [-0.05, 0) is 38.0 Å². The van der Waals surface area contributed by atoms with Gasteiger partial charge in [-0.3, -0.25) is 0 Å². The molecule has 1 N–H and O–H groups in total. The Balaban J connectivity index is 2.58. The summed E-state index contributed by atoms with van der Waals surface area (Å²) >= 11 is 0. The van der Waals surface area contributed by atoms with Gasteiger partial charge in [0, 0.05) is 0 Å². The summed E-state index contributed by atoms with van der Waals surface area (Å²) in [7, 11) is 0. The van der Waals surface area contributed by atoms with Crippen LogP contribution >= 0.6 is 0 Å². The average Bonchev–Trinajstić information content (AvgIpc) is 2.39. The normalized spacial score (nSPS) is 26.5. The van der Waals surface area contributed by atoms with E-state index in [1.54, 1.807) is 0 Å². The van der Waals surface area contributed by atoms with Crippen molar-refractivity contribution in [2.24, 2.45) is 11.3 Å². The van der Waals surface area contributed by atoms with E-state index in [9.17, 15) is 0 Å². The fraction of sp³-hybridized carbons (Fsp3) is 0.692. The van der Waals surface area contributed by atoms with Crippen LogP contribution in [0, 0.1) is 11.3 Å². The van der Waals surface area contributed by atoms with Gasteiger partial charge in [0.15, 0.2) is 0 Å². The predicted molar refractivity (Wildman–Crippen MR) is 61.1 cm³/mol. The van der Waals surface area contributed by atoms with E-state index >= 15 is 0 Å². The van der Waals surface area contributed by atoms with Gasteiger partial charge in [0.1, 0.15) is 0 Å². The molecule has 1 atom stereocenters. The van der Waals surface area contributed by atoms with Crippen molar-refractivity contribution in [3.63, 3.8) is 0 Å². The van der Waals surface area contributed by atoms with Crippen LogP contribution in [0.5, 0.6) is 0 Å². The molecule has 1 aliphatic rings. The monoisotopic (exact) mass is 194 g/mol. The zero-order valence-corrected chi connectivity index (χ0v) is 9.80. The molecule has 14 heavy (non-hydrogen) atoms. The summed E-state index contributed by atoms with van der Waals surface area (Å²) in [5.41, 5.74) is 2.94. The summed E-state index contributed by atoms with van der Waals surface area (Å²) in [5.74, 6) is 0.712. The van der Waals surface area contributed by atoms with E-state index in [1.807, 2.05) is 6.92 Å². The molecular formula is C13H22O. The molecule has 1 nitrogen and oxygen atoms in total. The molecule has 0 aromatic rings. The van der Waals surface area contributed by atoms with Gasteiger partial charge in [0.2, 0.25) is 0 Å². The van der Waals surface area contributed by atoms with Crippen LogP contribution < -0.4 is 0 Å². The molecule has 0 saturated heterocycles. The van der Waals surface area contributed by atoms with E-state index in [-0.39, 0.29) is 6.61 Å². The Bertz CT molecular complexity index is 258. The Kier molecular flexibility index (Phi) is 3.54. The SMILES string of the molecule is CC1=CC[C@@H](C/C=C(/C)CO)C1(C)C. The number of hydrogen-bond acceptors (Lipinski definition) is 1. The molecule has 0 fully saturated rings. The molecule has 1 aliphatic carbocycles. The van der Waals surface area contributed by atoms with E-state index in [2.05, 4.69) is 32.9 Å². The van der Waals surface area contributed by atoms with Crippen LogP contribution in [0.2, 0.25) is 0 Å². The number of rotatable bonds is 3. The van der Waals surface area contributed by atoms with E-state index < -0.39 is 0 Å². The molecule has 0 spiro atoms. The Morgan fingerprint density at radius 1 is 1.64 bits per heavy atom. The van der Waals surface area contributed by atoms with Crippen LogP contribution in [0.1, 0.15) is 40.5 Å². The second-order valence-corrected chi connectivity index (χ2v) is 4.99. The molecule has 80 valence electrons. The van der Waals surface area contributed by atoms with Gasteiger partial charge in [0.25, 0.3) is 0 Å². The maximum absolute atomic E-state index is 8.91. The zero-order valence-electron chi connectivity index (χ0n) is 9.80. The molecule has 0 unspecified atom stereocenters. The molecule has 0 heterocycles. The van der Waals surface area contributed by atoms with Gasteiger partial charge in [-0.15, -0.1) is 0 Å². The highest BCUT2D eigenvalue weighted by Gasteiger charge is 2.33. The molecule has 0 radical (unpaired) electrons. The van der Waals surface area contributed by atoms with Gasteiger partial charge in [-0.25, -0.2) is 0 Å². The lowest BCUT2D eigenvalue weighted by Crippen LogP contribution is -2.19. The Morgan fingerprint density at radius 3 is 2.71 bits per heavy atom. The summed E-state index contributed by atoms with van der Waals surface area (Å²) in [6.07, 6.45) is 6.81. The third kappa shape index (κ3) is 2.27. The predicted octanol–water partition coefficient (Wildman–Crippen LogP) is 3.31. The van der Waals surface area contributed by atoms with Crippen LogP contribution in [0.15, 0.2) is 23.3 Å². The first-order chi connectivity index (χ1) is 6.48. The molecule has 0 amide bonds. The molecule has 1 rings (SSSR count). The molecule has 0 aromatic carbocycles. The quantitative estimate of drug-likeness (QED) is 0.683. The van der Waals surface area contributed by atoms with Crippen molar-refractivity contribution >= 4 is 0 Å².